The van der Waals surface area contributed by atoms with Gasteiger partial charge in [-0.15, -0.1) is 0 Å². The lowest BCUT2D eigenvalue weighted by Crippen LogP contribution is -2.19. The molecule has 5 nitrogen and oxygen atoms in total. The van der Waals surface area contributed by atoms with Gasteiger partial charge in [0.15, 0.2) is 0 Å². The van der Waals surface area contributed by atoms with E-state index in [2.05, 4.69) is 32.5 Å². The number of likely N-dealkylation sites (N-methyl/N-ethyl adjacent to an activating group) is 1. The molecule has 0 spiro atoms. The summed E-state index contributed by atoms with van der Waals surface area (Å²) in [7, 11) is 3.90. The molecule has 0 bridgehead atoms. The van der Waals surface area contributed by atoms with Crippen molar-refractivity contribution >= 4 is 11.0 Å². The van der Waals surface area contributed by atoms with Crippen LogP contribution in [-0.4, -0.2) is 26.8 Å². The number of aromatic nitrogens is 4. The molecule has 1 unspecified atom stereocenters. The van der Waals surface area contributed by atoms with E-state index in [1.807, 2.05) is 37.1 Å². The highest BCUT2D eigenvalue weighted by Crippen LogP contribution is 2.20. The molecule has 0 aliphatic heterocycles. The molecular formula is C15H17N5. The summed E-state index contributed by atoms with van der Waals surface area (Å²) < 4.78 is 1.83. The highest BCUT2D eigenvalue weighted by atomic mass is 15.2. The number of fused-ring (bicyclic) bond motifs is 1. The van der Waals surface area contributed by atoms with Crippen LogP contribution < -0.4 is 5.32 Å². The molecular weight excluding hydrogens is 250 g/mol. The van der Waals surface area contributed by atoms with Gasteiger partial charge in [0.2, 0.25) is 0 Å². The minimum Gasteiger partial charge on any atom is -0.313 e. The number of aryl methyl sites for hydroxylation is 1. The Morgan fingerprint density at radius 3 is 2.65 bits per heavy atom. The molecule has 1 atom stereocenters. The first-order chi connectivity index (χ1) is 9.76. The lowest BCUT2D eigenvalue weighted by Gasteiger charge is -2.15. The smallest absolute Gasteiger partial charge is 0.0890 e. The lowest BCUT2D eigenvalue weighted by atomic mass is 10.0. The molecule has 5 heteroatoms. The molecule has 0 amide bonds. The molecule has 3 rings (SSSR count). The Balaban J connectivity index is 1.90. The fraction of sp³-hybridized carbons (Fsp3) is 0.267. The van der Waals surface area contributed by atoms with Crippen molar-refractivity contribution in [2.45, 2.75) is 12.5 Å². The highest BCUT2D eigenvalue weighted by Gasteiger charge is 2.12. The van der Waals surface area contributed by atoms with Crippen LogP contribution in [0.15, 0.2) is 42.9 Å². The van der Waals surface area contributed by atoms with Gasteiger partial charge in [-0.05, 0) is 30.8 Å². The Bertz CT molecular complexity index is 719. The van der Waals surface area contributed by atoms with Crippen molar-refractivity contribution in [3.8, 4) is 0 Å². The molecule has 2 heterocycles. The first kappa shape index (κ1) is 12.7. The van der Waals surface area contributed by atoms with Gasteiger partial charge in [0, 0.05) is 38.1 Å². The molecule has 2 aromatic heterocycles. The van der Waals surface area contributed by atoms with Gasteiger partial charge in [0.05, 0.1) is 16.7 Å². The minimum absolute atomic E-state index is 0.219. The fourth-order valence-corrected chi connectivity index (χ4v) is 2.36. The molecule has 3 aromatic rings. The summed E-state index contributed by atoms with van der Waals surface area (Å²) in [6, 6.07) is 8.47. The van der Waals surface area contributed by atoms with Crippen LogP contribution in [-0.2, 0) is 13.5 Å². The molecule has 0 fully saturated rings. The van der Waals surface area contributed by atoms with Crippen molar-refractivity contribution in [3.63, 3.8) is 0 Å². The van der Waals surface area contributed by atoms with E-state index in [9.17, 15) is 0 Å². The molecule has 1 aromatic carbocycles. The highest BCUT2D eigenvalue weighted by molar-refractivity contribution is 5.74. The Hall–Kier alpha value is -2.27. The van der Waals surface area contributed by atoms with Crippen molar-refractivity contribution in [2.75, 3.05) is 7.05 Å². The summed E-state index contributed by atoms with van der Waals surface area (Å²) in [5.74, 6) is 0. The summed E-state index contributed by atoms with van der Waals surface area (Å²) in [4.78, 5) is 8.66. The third-order valence-corrected chi connectivity index (χ3v) is 3.43. The number of benzene rings is 1. The molecule has 20 heavy (non-hydrogen) atoms. The number of hydrogen-bond donors (Lipinski definition) is 1. The maximum absolute atomic E-state index is 4.43. The van der Waals surface area contributed by atoms with Gasteiger partial charge in [-0.3, -0.25) is 14.6 Å². The van der Waals surface area contributed by atoms with Gasteiger partial charge in [-0.1, -0.05) is 6.07 Å². The zero-order chi connectivity index (χ0) is 13.9. The van der Waals surface area contributed by atoms with Crippen molar-refractivity contribution in [2.24, 2.45) is 7.05 Å². The van der Waals surface area contributed by atoms with E-state index in [4.69, 9.17) is 0 Å². The summed E-state index contributed by atoms with van der Waals surface area (Å²) in [5.41, 5.74) is 4.12. The predicted molar refractivity (Wildman–Crippen MR) is 78.3 cm³/mol. The maximum atomic E-state index is 4.43. The standard InChI is InChI=1S/C15H17N5/c1-16-14(10-12-5-8-20(2)19-12)11-3-4-13-15(9-11)18-7-6-17-13/h3-9,14,16H,10H2,1-2H3. The first-order valence-corrected chi connectivity index (χ1v) is 6.63. The van der Waals surface area contributed by atoms with Crippen LogP contribution in [0.4, 0.5) is 0 Å². The van der Waals surface area contributed by atoms with Crippen LogP contribution in [0, 0.1) is 0 Å². The SMILES string of the molecule is CNC(Cc1ccn(C)n1)c1ccc2nccnc2c1. The van der Waals surface area contributed by atoms with Gasteiger partial charge in [0.1, 0.15) is 0 Å². The molecule has 0 radical (unpaired) electrons. The van der Waals surface area contributed by atoms with Crippen molar-refractivity contribution < 1.29 is 0 Å². The zero-order valence-electron chi connectivity index (χ0n) is 11.6. The lowest BCUT2D eigenvalue weighted by molar-refractivity contribution is 0.577. The quantitative estimate of drug-likeness (QED) is 0.784. The summed E-state index contributed by atoms with van der Waals surface area (Å²) in [6.45, 7) is 0. The van der Waals surface area contributed by atoms with Crippen LogP contribution >= 0.6 is 0 Å². The van der Waals surface area contributed by atoms with Crippen LogP contribution in [0.3, 0.4) is 0 Å². The molecule has 0 aliphatic carbocycles. The van der Waals surface area contributed by atoms with E-state index in [1.165, 1.54) is 5.56 Å². The van der Waals surface area contributed by atoms with Crippen molar-refractivity contribution in [1.82, 2.24) is 25.1 Å². The molecule has 0 saturated carbocycles. The van der Waals surface area contributed by atoms with Crippen molar-refractivity contribution in [3.05, 3.63) is 54.1 Å². The summed E-state index contributed by atoms with van der Waals surface area (Å²) in [5, 5.41) is 7.78. The van der Waals surface area contributed by atoms with E-state index in [0.717, 1.165) is 23.1 Å². The Kier molecular flexibility index (Phi) is 3.43. The van der Waals surface area contributed by atoms with Gasteiger partial charge in [-0.25, -0.2) is 0 Å². The fourth-order valence-electron chi connectivity index (χ4n) is 2.36. The van der Waals surface area contributed by atoms with Gasteiger partial charge < -0.3 is 5.32 Å². The van der Waals surface area contributed by atoms with E-state index in [-0.39, 0.29) is 6.04 Å². The van der Waals surface area contributed by atoms with E-state index in [0.29, 0.717) is 0 Å². The number of rotatable bonds is 4. The number of nitrogens with zero attached hydrogens (tertiary/aromatic N) is 4. The third-order valence-electron chi connectivity index (χ3n) is 3.43. The monoisotopic (exact) mass is 267 g/mol. The average molecular weight is 267 g/mol. The Morgan fingerprint density at radius 1 is 1.15 bits per heavy atom. The van der Waals surface area contributed by atoms with Crippen LogP contribution in [0.25, 0.3) is 11.0 Å². The van der Waals surface area contributed by atoms with Crippen LogP contribution in [0.1, 0.15) is 17.3 Å². The van der Waals surface area contributed by atoms with Crippen LogP contribution in [0.5, 0.6) is 0 Å². The number of nitrogens with one attached hydrogen (secondary N) is 1. The molecule has 1 N–H and O–H groups in total. The van der Waals surface area contributed by atoms with E-state index in [1.54, 1.807) is 12.4 Å². The second kappa shape index (κ2) is 5.38. The van der Waals surface area contributed by atoms with Crippen LogP contribution in [0.2, 0.25) is 0 Å². The van der Waals surface area contributed by atoms with Gasteiger partial charge in [-0.2, -0.15) is 5.10 Å². The zero-order valence-corrected chi connectivity index (χ0v) is 11.6. The normalized spacial score (nSPS) is 12.7. The molecule has 0 saturated heterocycles. The van der Waals surface area contributed by atoms with Gasteiger partial charge in [0.25, 0.3) is 0 Å². The topological polar surface area (TPSA) is 55.6 Å². The maximum Gasteiger partial charge on any atom is 0.0890 e. The Morgan fingerprint density at radius 2 is 1.95 bits per heavy atom. The second-order valence-electron chi connectivity index (χ2n) is 4.83. The second-order valence-corrected chi connectivity index (χ2v) is 4.83. The molecule has 0 aliphatic rings. The van der Waals surface area contributed by atoms with Gasteiger partial charge >= 0.3 is 0 Å². The van der Waals surface area contributed by atoms with Crippen molar-refractivity contribution in [1.29, 1.82) is 0 Å². The van der Waals surface area contributed by atoms with E-state index < -0.39 is 0 Å². The van der Waals surface area contributed by atoms with E-state index >= 15 is 0 Å². The summed E-state index contributed by atoms with van der Waals surface area (Å²) in [6.07, 6.45) is 6.25. The largest absolute Gasteiger partial charge is 0.313 e. The minimum atomic E-state index is 0.219. The number of hydrogen-bond acceptors (Lipinski definition) is 4. The first-order valence-electron chi connectivity index (χ1n) is 6.63. The Labute approximate surface area is 117 Å². The summed E-state index contributed by atoms with van der Waals surface area (Å²) >= 11 is 0. The predicted octanol–water partition coefficient (Wildman–Crippen LogP) is 1.87. The molecule has 102 valence electrons. The average Bonchev–Trinajstić information content (AvgIpc) is 2.89. The third kappa shape index (κ3) is 2.53.